The third-order valence-electron chi connectivity index (χ3n) is 3.50. The summed E-state index contributed by atoms with van der Waals surface area (Å²) >= 11 is 5.09. The van der Waals surface area contributed by atoms with Gasteiger partial charge in [-0.05, 0) is 58.1 Å². The standard InChI is InChI=1S/C19H22BrNOS/c1-13-5-8-15(9-6-13)23-12-18(22)21-17-10-7-14(11-16(17)20)19(2,3)4/h5-11H,12H2,1-4H3,(H,21,22). The summed E-state index contributed by atoms with van der Waals surface area (Å²) in [6.07, 6.45) is 0. The molecule has 23 heavy (non-hydrogen) atoms. The molecule has 1 amide bonds. The molecule has 0 aliphatic carbocycles. The minimum atomic E-state index is -0.000200. The second-order valence-corrected chi connectivity index (χ2v) is 8.50. The van der Waals surface area contributed by atoms with Crippen molar-refractivity contribution in [2.75, 3.05) is 11.1 Å². The third-order valence-corrected chi connectivity index (χ3v) is 5.17. The summed E-state index contributed by atoms with van der Waals surface area (Å²) < 4.78 is 0.915. The number of benzene rings is 2. The molecule has 0 bridgehead atoms. The lowest BCUT2D eigenvalue weighted by Crippen LogP contribution is -2.15. The molecule has 2 nitrogen and oxygen atoms in total. The third kappa shape index (κ3) is 5.40. The first-order chi connectivity index (χ1) is 10.8. The van der Waals surface area contributed by atoms with E-state index in [1.54, 1.807) is 11.8 Å². The van der Waals surface area contributed by atoms with Crippen molar-refractivity contribution in [2.24, 2.45) is 0 Å². The molecule has 122 valence electrons. The van der Waals surface area contributed by atoms with Gasteiger partial charge in [-0.15, -0.1) is 11.8 Å². The van der Waals surface area contributed by atoms with Gasteiger partial charge in [-0.1, -0.05) is 44.5 Å². The van der Waals surface area contributed by atoms with E-state index in [0.29, 0.717) is 5.75 Å². The first kappa shape index (κ1) is 18.1. The number of halogens is 1. The highest BCUT2D eigenvalue weighted by atomic mass is 79.9. The van der Waals surface area contributed by atoms with Crippen molar-refractivity contribution < 1.29 is 4.79 Å². The highest BCUT2D eigenvalue weighted by Gasteiger charge is 2.15. The summed E-state index contributed by atoms with van der Waals surface area (Å²) in [5.74, 6) is 0.399. The Morgan fingerprint density at radius 3 is 2.35 bits per heavy atom. The molecule has 4 heteroatoms. The average Bonchev–Trinajstić information content (AvgIpc) is 2.48. The van der Waals surface area contributed by atoms with Gasteiger partial charge in [0.2, 0.25) is 5.91 Å². The molecule has 0 spiro atoms. The van der Waals surface area contributed by atoms with Gasteiger partial charge in [0.05, 0.1) is 11.4 Å². The molecule has 0 radical (unpaired) electrons. The predicted octanol–water partition coefficient (Wildman–Crippen LogP) is 5.79. The Hall–Kier alpha value is -1.26. The zero-order valence-corrected chi connectivity index (χ0v) is 16.3. The predicted molar refractivity (Wildman–Crippen MR) is 103 cm³/mol. The molecule has 2 rings (SSSR count). The average molecular weight is 392 g/mol. The lowest BCUT2D eigenvalue weighted by Gasteiger charge is -2.20. The van der Waals surface area contributed by atoms with Gasteiger partial charge in [0.15, 0.2) is 0 Å². The van der Waals surface area contributed by atoms with Crippen molar-refractivity contribution in [2.45, 2.75) is 38.0 Å². The van der Waals surface area contributed by atoms with E-state index in [2.05, 4.69) is 73.2 Å². The Morgan fingerprint density at radius 1 is 1.13 bits per heavy atom. The summed E-state index contributed by atoms with van der Waals surface area (Å²) in [7, 11) is 0. The number of carbonyl (C=O) groups is 1. The van der Waals surface area contributed by atoms with E-state index in [4.69, 9.17) is 0 Å². The Morgan fingerprint density at radius 2 is 1.78 bits per heavy atom. The number of hydrogen-bond acceptors (Lipinski definition) is 2. The summed E-state index contributed by atoms with van der Waals surface area (Å²) in [5.41, 5.74) is 3.36. The van der Waals surface area contributed by atoms with E-state index in [-0.39, 0.29) is 11.3 Å². The molecule has 2 aromatic rings. The fourth-order valence-corrected chi connectivity index (χ4v) is 3.23. The Kier molecular flexibility index (Phi) is 5.93. The summed E-state index contributed by atoms with van der Waals surface area (Å²) in [6, 6.07) is 14.3. The van der Waals surface area contributed by atoms with Gasteiger partial charge >= 0.3 is 0 Å². The molecule has 1 N–H and O–H groups in total. The fourth-order valence-electron chi connectivity index (χ4n) is 2.05. The van der Waals surface area contributed by atoms with Crippen molar-refractivity contribution in [3.63, 3.8) is 0 Å². The monoisotopic (exact) mass is 391 g/mol. The van der Waals surface area contributed by atoms with Gasteiger partial charge in [0.1, 0.15) is 0 Å². The van der Waals surface area contributed by atoms with Gasteiger partial charge in [0, 0.05) is 9.37 Å². The number of aryl methyl sites for hydroxylation is 1. The zero-order chi connectivity index (χ0) is 17.0. The molecule has 0 saturated carbocycles. The molecule has 0 aromatic heterocycles. The smallest absolute Gasteiger partial charge is 0.234 e. The largest absolute Gasteiger partial charge is 0.324 e. The lowest BCUT2D eigenvalue weighted by molar-refractivity contribution is -0.113. The van der Waals surface area contributed by atoms with Crippen LogP contribution in [0.2, 0.25) is 0 Å². The van der Waals surface area contributed by atoms with Crippen LogP contribution < -0.4 is 5.32 Å². The van der Waals surface area contributed by atoms with Crippen LogP contribution in [0.25, 0.3) is 0 Å². The lowest BCUT2D eigenvalue weighted by atomic mass is 9.87. The zero-order valence-electron chi connectivity index (χ0n) is 13.9. The number of anilines is 1. The van der Waals surface area contributed by atoms with Crippen molar-refractivity contribution in [1.82, 2.24) is 0 Å². The van der Waals surface area contributed by atoms with E-state index < -0.39 is 0 Å². The maximum Gasteiger partial charge on any atom is 0.234 e. The number of rotatable bonds is 4. The molecule has 0 aliphatic heterocycles. The molecule has 0 saturated heterocycles. The molecule has 0 unspecified atom stereocenters. The molecule has 0 aliphatic rings. The van der Waals surface area contributed by atoms with Crippen molar-refractivity contribution in [3.05, 3.63) is 58.1 Å². The summed E-state index contributed by atoms with van der Waals surface area (Å²) in [5, 5.41) is 2.96. The topological polar surface area (TPSA) is 29.1 Å². The van der Waals surface area contributed by atoms with E-state index in [1.807, 2.05) is 18.2 Å². The van der Waals surface area contributed by atoms with Crippen LogP contribution in [-0.4, -0.2) is 11.7 Å². The second-order valence-electron chi connectivity index (χ2n) is 6.59. The Balaban J connectivity index is 1.96. The molecular weight excluding hydrogens is 370 g/mol. The van der Waals surface area contributed by atoms with Crippen molar-refractivity contribution in [3.8, 4) is 0 Å². The first-order valence-electron chi connectivity index (χ1n) is 7.55. The summed E-state index contributed by atoms with van der Waals surface area (Å²) in [6.45, 7) is 8.57. The van der Waals surface area contributed by atoms with Crippen LogP contribution in [0.1, 0.15) is 31.9 Å². The van der Waals surface area contributed by atoms with E-state index in [1.165, 1.54) is 11.1 Å². The van der Waals surface area contributed by atoms with Crippen LogP contribution in [0.5, 0.6) is 0 Å². The number of nitrogens with one attached hydrogen (secondary N) is 1. The van der Waals surface area contributed by atoms with E-state index in [0.717, 1.165) is 15.1 Å². The quantitative estimate of drug-likeness (QED) is 0.668. The maximum atomic E-state index is 12.1. The van der Waals surface area contributed by atoms with Crippen LogP contribution >= 0.6 is 27.7 Å². The van der Waals surface area contributed by atoms with Gasteiger partial charge in [0.25, 0.3) is 0 Å². The van der Waals surface area contributed by atoms with Crippen LogP contribution in [0.3, 0.4) is 0 Å². The number of hydrogen-bond donors (Lipinski definition) is 1. The summed E-state index contributed by atoms with van der Waals surface area (Å²) in [4.78, 5) is 13.2. The van der Waals surface area contributed by atoms with Crippen LogP contribution in [0.4, 0.5) is 5.69 Å². The number of thioether (sulfide) groups is 1. The van der Waals surface area contributed by atoms with Crippen molar-refractivity contribution in [1.29, 1.82) is 0 Å². The molecule has 2 aromatic carbocycles. The molecule has 0 heterocycles. The molecule has 0 atom stereocenters. The SMILES string of the molecule is Cc1ccc(SCC(=O)Nc2ccc(C(C)(C)C)cc2Br)cc1. The normalized spacial score (nSPS) is 11.3. The fraction of sp³-hybridized carbons (Fsp3) is 0.316. The van der Waals surface area contributed by atoms with Crippen LogP contribution in [0.15, 0.2) is 51.8 Å². The molecular formula is C19H22BrNOS. The van der Waals surface area contributed by atoms with Crippen molar-refractivity contribution >= 4 is 39.3 Å². The minimum absolute atomic E-state index is 0.000200. The van der Waals surface area contributed by atoms with Gasteiger partial charge in [-0.2, -0.15) is 0 Å². The Bertz CT molecular complexity index is 690. The van der Waals surface area contributed by atoms with Crippen LogP contribution in [-0.2, 0) is 10.2 Å². The molecule has 0 fully saturated rings. The Labute approximate surface area is 151 Å². The number of amides is 1. The highest BCUT2D eigenvalue weighted by molar-refractivity contribution is 9.10. The van der Waals surface area contributed by atoms with E-state index in [9.17, 15) is 4.79 Å². The second kappa shape index (κ2) is 7.54. The maximum absolute atomic E-state index is 12.1. The van der Waals surface area contributed by atoms with E-state index >= 15 is 0 Å². The first-order valence-corrected chi connectivity index (χ1v) is 9.33. The highest BCUT2D eigenvalue weighted by Crippen LogP contribution is 2.30. The van der Waals surface area contributed by atoms with Gasteiger partial charge in [-0.25, -0.2) is 0 Å². The van der Waals surface area contributed by atoms with Crippen LogP contribution in [0, 0.1) is 6.92 Å². The minimum Gasteiger partial charge on any atom is -0.324 e. The number of carbonyl (C=O) groups excluding carboxylic acids is 1. The van der Waals surface area contributed by atoms with Gasteiger partial charge in [-0.3, -0.25) is 4.79 Å². The van der Waals surface area contributed by atoms with Gasteiger partial charge < -0.3 is 5.32 Å².